The average molecular weight is 191 g/mol. The smallest absolute Gasteiger partial charge is 0.123 e. The van der Waals surface area contributed by atoms with E-state index in [1.165, 1.54) is 23.3 Å². The van der Waals surface area contributed by atoms with Crippen molar-refractivity contribution in [1.82, 2.24) is 5.32 Å². The normalized spacial score (nSPS) is 17.3. The molecule has 0 aliphatic carbocycles. The highest BCUT2D eigenvalue weighted by Crippen LogP contribution is 2.24. The molecule has 2 heteroatoms. The summed E-state index contributed by atoms with van der Waals surface area (Å²) in [6.07, 6.45) is 1.04. The second-order valence-electron chi connectivity index (χ2n) is 3.69. The molecule has 0 amide bonds. The summed E-state index contributed by atoms with van der Waals surface area (Å²) >= 11 is 0. The Balaban J connectivity index is 2.34. The fourth-order valence-electron chi connectivity index (χ4n) is 1.85. The van der Waals surface area contributed by atoms with Crippen LogP contribution < -0.4 is 5.32 Å². The predicted octanol–water partition coefficient (Wildman–Crippen LogP) is 2.59. The van der Waals surface area contributed by atoms with Crippen LogP contribution in [0.4, 0.5) is 4.39 Å². The number of hydrogen-bond donors (Lipinski definition) is 1. The highest BCUT2D eigenvalue weighted by atomic mass is 19.1. The minimum absolute atomic E-state index is 0.166. The Hall–Kier alpha value is -1.15. The van der Waals surface area contributed by atoms with Crippen molar-refractivity contribution in [2.24, 2.45) is 0 Å². The molecule has 0 radical (unpaired) electrons. The molecule has 2 rings (SSSR count). The fourth-order valence-corrected chi connectivity index (χ4v) is 1.85. The molecule has 0 bridgehead atoms. The zero-order chi connectivity index (χ0) is 9.97. The maximum Gasteiger partial charge on any atom is 0.123 e. The minimum Gasteiger partial charge on any atom is -0.313 e. The van der Waals surface area contributed by atoms with Crippen molar-refractivity contribution in [2.75, 3.05) is 13.1 Å². The van der Waals surface area contributed by atoms with Gasteiger partial charge in [0.05, 0.1) is 0 Å². The second kappa shape index (κ2) is 3.93. The summed E-state index contributed by atoms with van der Waals surface area (Å²) in [6, 6.07) is 6.77. The zero-order valence-corrected chi connectivity index (χ0v) is 8.31. The van der Waals surface area contributed by atoms with E-state index in [1.54, 1.807) is 0 Å². The van der Waals surface area contributed by atoms with E-state index in [-0.39, 0.29) is 5.82 Å². The van der Waals surface area contributed by atoms with Crippen LogP contribution in [0.3, 0.4) is 0 Å². The van der Waals surface area contributed by atoms with Gasteiger partial charge in [-0.1, -0.05) is 17.7 Å². The lowest BCUT2D eigenvalue weighted by atomic mass is 9.95. The van der Waals surface area contributed by atoms with E-state index in [0.29, 0.717) is 0 Å². The van der Waals surface area contributed by atoms with Crippen LogP contribution in [0.5, 0.6) is 0 Å². The third-order valence-electron chi connectivity index (χ3n) is 2.65. The van der Waals surface area contributed by atoms with Gasteiger partial charge in [0.2, 0.25) is 0 Å². The third kappa shape index (κ3) is 1.85. The Morgan fingerprint density at radius 3 is 2.57 bits per heavy atom. The molecule has 0 spiro atoms. The van der Waals surface area contributed by atoms with Crippen LogP contribution in [0.1, 0.15) is 18.9 Å². The first kappa shape index (κ1) is 9.41. The first-order chi connectivity index (χ1) is 6.77. The van der Waals surface area contributed by atoms with Gasteiger partial charge in [-0.3, -0.25) is 0 Å². The molecule has 14 heavy (non-hydrogen) atoms. The molecule has 0 saturated heterocycles. The van der Waals surface area contributed by atoms with E-state index in [4.69, 9.17) is 0 Å². The van der Waals surface area contributed by atoms with Gasteiger partial charge in [0.25, 0.3) is 0 Å². The van der Waals surface area contributed by atoms with Crippen LogP contribution >= 0.6 is 0 Å². The highest BCUT2D eigenvalue weighted by Gasteiger charge is 2.10. The van der Waals surface area contributed by atoms with Gasteiger partial charge < -0.3 is 5.32 Å². The molecule has 74 valence electrons. The number of rotatable bonds is 1. The lowest BCUT2D eigenvalue weighted by molar-refractivity contribution is 0.627. The van der Waals surface area contributed by atoms with E-state index in [2.05, 4.69) is 12.2 Å². The number of benzene rings is 1. The Morgan fingerprint density at radius 1 is 1.21 bits per heavy atom. The Bertz CT molecular complexity index is 351. The summed E-state index contributed by atoms with van der Waals surface area (Å²) in [7, 11) is 0. The van der Waals surface area contributed by atoms with Crippen molar-refractivity contribution < 1.29 is 4.39 Å². The monoisotopic (exact) mass is 191 g/mol. The highest BCUT2D eigenvalue weighted by molar-refractivity contribution is 5.69. The molecule has 1 aromatic carbocycles. The van der Waals surface area contributed by atoms with Crippen LogP contribution in [0.25, 0.3) is 5.57 Å². The Kier molecular flexibility index (Phi) is 2.64. The van der Waals surface area contributed by atoms with Crippen molar-refractivity contribution in [3.05, 3.63) is 41.2 Å². The first-order valence-corrected chi connectivity index (χ1v) is 4.92. The van der Waals surface area contributed by atoms with Gasteiger partial charge in [-0.05, 0) is 43.2 Å². The summed E-state index contributed by atoms with van der Waals surface area (Å²) in [4.78, 5) is 0. The van der Waals surface area contributed by atoms with Crippen molar-refractivity contribution in [1.29, 1.82) is 0 Å². The van der Waals surface area contributed by atoms with Crippen molar-refractivity contribution >= 4 is 5.57 Å². The van der Waals surface area contributed by atoms with E-state index in [0.717, 1.165) is 25.1 Å². The van der Waals surface area contributed by atoms with Crippen molar-refractivity contribution in [2.45, 2.75) is 13.3 Å². The summed E-state index contributed by atoms with van der Waals surface area (Å²) in [6.45, 7) is 4.10. The number of halogens is 1. The predicted molar refractivity (Wildman–Crippen MR) is 56.5 cm³/mol. The van der Waals surface area contributed by atoms with Gasteiger partial charge in [-0.15, -0.1) is 0 Å². The van der Waals surface area contributed by atoms with Gasteiger partial charge in [0, 0.05) is 6.54 Å². The van der Waals surface area contributed by atoms with E-state index < -0.39 is 0 Å². The van der Waals surface area contributed by atoms with Crippen molar-refractivity contribution in [3.8, 4) is 0 Å². The third-order valence-corrected chi connectivity index (χ3v) is 2.65. The van der Waals surface area contributed by atoms with Gasteiger partial charge in [-0.25, -0.2) is 4.39 Å². The molecule has 0 unspecified atom stereocenters. The molecular weight excluding hydrogens is 177 g/mol. The molecule has 0 aromatic heterocycles. The Labute approximate surface area is 83.6 Å². The molecule has 1 heterocycles. The summed E-state index contributed by atoms with van der Waals surface area (Å²) in [5.41, 5.74) is 3.89. The van der Waals surface area contributed by atoms with Gasteiger partial charge in [0.15, 0.2) is 0 Å². The molecule has 0 fully saturated rings. The molecule has 0 saturated carbocycles. The van der Waals surface area contributed by atoms with E-state index in [1.807, 2.05) is 12.1 Å². The molecule has 1 N–H and O–H groups in total. The molecule has 1 aliphatic rings. The van der Waals surface area contributed by atoms with Crippen LogP contribution in [-0.2, 0) is 0 Å². The molecule has 0 atom stereocenters. The van der Waals surface area contributed by atoms with Crippen LogP contribution in [0.15, 0.2) is 29.8 Å². The zero-order valence-electron chi connectivity index (χ0n) is 8.31. The average Bonchev–Trinajstić information content (AvgIpc) is 2.20. The summed E-state index contributed by atoms with van der Waals surface area (Å²) in [5, 5.41) is 3.31. The van der Waals surface area contributed by atoms with E-state index in [9.17, 15) is 4.39 Å². The Morgan fingerprint density at radius 2 is 1.93 bits per heavy atom. The van der Waals surface area contributed by atoms with E-state index >= 15 is 0 Å². The van der Waals surface area contributed by atoms with Gasteiger partial charge in [-0.2, -0.15) is 0 Å². The number of nitrogens with one attached hydrogen (secondary N) is 1. The lowest BCUT2D eigenvalue weighted by Gasteiger charge is -2.19. The molecular formula is C12H14FN. The van der Waals surface area contributed by atoms with Crippen LogP contribution in [0, 0.1) is 5.82 Å². The maximum atomic E-state index is 12.7. The molecule has 1 aromatic rings. The standard InChI is InChI=1S/C12H14FN/c1-9-8-14-7-6-12(9)10-2-4-11(13)5-3-10/h2-5,14H,6-8H2,1H3. The fraction of sp³-hybridized carbons (Fsp3) is 0.333. The quantitative estimate of drug-likeness (QED) is 0.719. The number of hydrogen-bond acceptors (Lipinski definition) is 1. The summed E-state index contributed by atoms with van der Waals surface area (Å²) < 4.78 is 12.7. The van der Waals surface area contributed by atoms with Gasteiger partial charge >= 0.3 is 0 Å². The van der Waals surface area contributed by atoms with Gasteiger partial charge in [0.1, 0.15) is 5.82 Å². The first-order valence-electron chi connectivity index (χ1n) is 4.92. The topological polar surface area (TPSA) is 12.0 Å². The molecule has 1 aliphatic heterocycles. The molecule has 1 nitrogen and oxygen atoms in total. The second-order valence-corrected chi connectivity index (χ2v) is 3.69. The van der Waals surface area contributed by atoms with Crippen LogP contribution in [0.2, 0.25) is 0 Å². The SMILES string of the molecule is CC1=C(c2ccc(F)cc2)CCNC1. The summed E-state index contributed by atoms with van der Waals surface area (Å²) in [5.74, 6) is -0.166. The minimum atomic E-state index is -0.166. The maximum absolute atomic E-state index is 12.7. The largest absolute Gasteiger partial charge is 0.313 e. The van der Waals surface area contributed by atoms with Crippen LogP contribution in [-0.4, -0.2) is 13.1 Å². The lowest BCUT2D eigenvalue weighted by Crippen LogP contribution is -2.23. The van der Waals surface area contributed by atoms with Crippen molar-refractivity contribution in [3.63, 3.8) is 0 Å².